The van der Waals surface area contributed by atoms with Crippen LogP contribution in [0.4, 0.5) is 0 Å². The van der Waals surface area contributed by atoms with E-state index in [0.717, 1.165) is 16.8 Å². The number of halogens is 1. The summed E-state index contributed by atoms with van der Waals surface area (Å²) in [6, 6.07) is 12.4. The van der Waals surface area contributed by atoms with Gasteiger partial charge in [0.05, 0.1) is 0 Å². The van der Waals surface area contributed by atoms with Gasteiger partial charge in [-0.1, -0.05) is 28.1 Å². The molecule has 0 aliphatic heterocycles. The van der Waals surface area contributed by atoms with Crippen molar-refractivity contribution in [1.29, 1.82) is 0 Å². The molecule has 0 aliphatic carbocycles. The molecule has 0 saturated heterocycles. The van der Waals surface area contributed by atoms with E-state index in [1.165, 1.54) is 10.8 Å². The lowest BCUT2D eigenvalue weighted by molar-refractivity contribution is 0.319. The Morgan fingerprint density at radius 2 is 1.88 bits per heavy atom. The van der Waals surface area contributed by atoms with E-state index in [9.17, 15) is 0 Å². The van der Waals surface area contributed by atoms with E-state index in [-0.39, 0.29) is 0 Å². The summed E-state index contributed by atoms with van der Waals surface area (Å²) in [4.78, 5) is 0. The monoisotopic (exact) mass is 279 g/mol. The maximum absolute atomic E-state index is 5.61. The van der Waals surface area contributed by atoms with Crippen LogP contribution in [-0.2, 0) is 0 Å². The minimum atomic E-state index is 0.693. The van der Waals surface area contributed by atoms with Crippen LogP contribution in [0.2, 0.25) is 0 Å². The van der Waals surface area contributed by atoms with Crippen molar-refractivity contribution >= 4 is 26.7 Å². The van der Waals surface area contributed by atoms with E-state index in [1.54, 1.807) is 0 Å². The normalized spacial score (nSPS) is 10.6. The van der Waals surface area contributed by atoms with Gasteiger partial charge in [-0.25, -0.2) is 0 Å². The third-order valence-electron chi connectivity index (χ3n) is 2.39. The Balaban J connectivity index is 2.20. The van der Waals surface area contributed by atoms with Crippen molar-refractivity contribution in [2.75, 3.05) is 20.2 Å². The van der Waals surface area contributed by atoms with Crippen molar-refractivity contribution in [1.82, 2.24) is 5.32 Å². The van der Waals surface area contributed by atoms with Crippen LogP contribution >= 0.6 is 15.9 Å². The molecular weight excluding hydrogens is 266 g/mol. The average molecular weight is 280 g/mol. The first kappa shape index (κ1) is 11.4. The number of rotatable bonds is 4. The lowest BCUT2D eigenvalue weighted by Gasteiger charge is -2.07. The molecule has 3 heteroatoms. The minimum absolute atomic E-state index is 0.693. The summed E-state index contributed by atoms with van der Waals surface area (Å²) in [6.45, 7) is 1.55. The summed E-state index contributed by atoms with van der Waals surface area (Å²) < 4.78 is 6.71. The number of hydrogen-bond donors (Lipinski definition) is 1. The molecule has 0 aromatic heterocycles. The molecule has 2 aromatic rings. The first-order valence-corrected chi connectivity index (χ1v) is 6.05. The summed E-state index contributed by atoms with van der Waals surface area (Å²) in [5.74, 6) is 0.921. The molecule has 1 N–H and O–H groups in total. The fourth-order valence-electron chi connectivity index (χ4n) is 1.56. The van der Waals surface area contributed by atoms with Gasteiger partial charge in [-0.2, -0.15) is 0 Å². The van der Waals surface area contributed by atoms with Crippen LogP contribution in [0.3, 0.4) is 0 Å². The zero-order chi connectivity index (χ0) is 11.4. The van der Waals surface area contributed by atoms with Gasteiger partial charge in [0.1, 0.15) is 12.4 Å². The fourth-order valence-corrected chi connectivity index (χ4v) is 1.93. The molecule has 0 aliphatic rings. The van der Waals surface area contributed by atoms with Crippen molar-refractivity contribution in [2.24, 2.45) is 0 Å². The Bertz CT molecular complexity index is 484. The lowest BCUT2D eigenvalue weighted by atomic mass is 10.1. The molecule has 16 heavy (non-hydrogen) atoms. The third-order valence-corrected chi connectivity index (χ3v) is 2.89. The van der Waals surface area contributed by atoms with Gasteiger partial charge >= 0.3 is 0 Å². The SMILES string of the molecule is CNCCOc1ccc2cc(Br)ccc2c1. The predicted molar refractivity (Wildman–Crippen MR) is 71.1 cm³/mol. The molecule has 0 fully saturated rings. The van der Waals surface area contributed by atoms with Crippen LogP contribution < -0.4 is 10.1 Å². The van der Waals surface area contributed by atoms with Crippen molar-refractivity contribution in [3.63, 3.8) is 0 Å². The van der Waals surface area contributed by atoms with Gasteiger partial charge < -0.3 is 10.1 Å². The Kier molecular flexibility index (Phi) is 3.80. The molecule has 0 bridgehead atoms. The van der Waals surface area contributed by atoms with Crippen LogP contribution in [0, 0.1) is 0 Å². The highest BCUT2D eigenvalue weighted by Gasteiger charge is 1.98. The number of nitrogens with one attached hydrogen (secondary N) is 1. The Morgan fingerprint density at radius 3 is 2.69 bits per heavy atom. The molecule has 2 nitrogen and oxygen atoms in total. The van der Waals surface area contributed by atoms with Crippen molar-refractivity contribution in [3.05, 3.63) is 40.9 Å². The standard InChI is InChI=1S/C13H14BrNO/c1-15-6-7-16-13-5-3-10-8-12(14)4-2-11(10)9-13/h2-5,8-9,15H,6-7H2,1H3. The highest BCUT2D eigenvalue weighted by Crippen LogP contribution is 2.23. The van der Waals surface area contributed by atoms with Crippen LogP contribution in [0.25, 0.3) is 10.8 Å². The topological polar surface area (TPSA) is 21.3 Å². The quantitative estimate of drug-likeness (QED) is 0.868. The maximum atomic E-state index is 5.61. The molecule has 0 saturated carbocycles. The first-order chi connectivity index (χ1) is 7.79. The van der Waals surface area contributed by atoms with E-state index in [1.807, 2.05) is 19.2 Å². The van der Waals surface area contributed by atoms with Gasteiger partial charge in [-0.3, -0.25) is 0 Å². The third kappa shape index (κ3) is 2.74. The number of benzene rings is 2. The van der Waals surface area contributed by atoms with Gasteiger partial charge in [0.25, 0.3) is 0 Å². The molecule has 0 heterocycles. The Morgan fingerprint density at radius 1 is 1.12 bits per heavy atom. The first-order valence-electron chi connectivity index (χ1n) is 5.26. The van der Waals surface area contributed by atoms with Gasteiger partial charge in [-0.05, 0) is 42.1 Å². The summed E-state index contributed by atoms with van der Waals surface area (Å²) in [5, 5.41) is 5.47. The van der Waals surface area contributed by atoms with Crippen molar-refractivity contribution in [3.8, 4) is 5.75 Å². The van der Waals surface area contributed by atoms with Crippen LogP contribution in [0.1, 0.15) is 0 Å². The van der Waals surface area contributed by atoms with Crippen LogP contribution in [0.5, 0.6) is 5.75 Å². The Labute approximate surface area is 104 Å². The van der Waals surface area contributed by atoms with E-state index >= 15 is 0 Å². The zero-order valence-corrected chi connectivity index (χ0v) is 10.8. The molecule has 84 valence electrons. The maximum Gasteiger partial charge on any atom is 0.120 e. The highest BCUT2D eigenvalue weighted by molar-refractivity contribution is 9.10. The molecule has 0 atom stereocenters. The van der Waals surface area contributed by atoms with Gasteiger partial charge in [0.15, 0.2) is 0 Å². The predicted octanol–water partition coefficient (Wildman–Crippen LogP) is 3.20. The largest absolute Gasteiger partial charge is 0.492 e. The smallest absolute Gasteiger partial charge is 0.120 e. The highest BCUT2D eigenvalue weighted by atomic mass is 79.9. The molecular formula is C13H14BrNO. The summed E-state index contributed by atoms with van der Waals surface area (Å²) in [6.07, 6.45) is 0. The van der Waals surface area contributed by atoms with Gasteiger partial charge in [0, 0.05) is 11.0 Å². The number of likely N-dealkylation sites (N-methyl/N-ethyl adjacent to an activating group) is 1. The van der Waals surface area contributed by atoms with Crippen LogP contribution in [0.15, 0.2) is 40.9 Å². The molecule has 0 spiro atoms. The second-order valence-electron chi connectivity index (χ2n) is 3.61. The van der Waals surface area contributed by atoms with Gasteiger partial charge in [0.2, 0.25) is 0 Å². The van der Waals surface area contributed by atoms with E-state index < -0.39 is 0 Å². The van der Waals surface area contributed by atoms with E-state index in [4.69, 9.17) is 4.74 Å². The lowest BCUT2D eigenvalue weighted by Crippen LogP contribution is -2.15. The molecule has 2 rings (SSSR count). The summed E-state index contributed by atoms with van der Waals surface area (Å²) in [7, 11) is 1.92. The van der Waals surface area contributed by atoms with E-state index in [2.05, 4.69) is 45.5 Å². The van der Waals surface area contributed by atoms with Crippen molar-refractivity contribution < 1.29 is 4.74 Å². The zero-order valence-electron chi connectivity index (χ0n) is 9.16. The van der Waals surface area contributed by atoms with Crippen molar-refractivity contribution in [2.45, 2.75) is 0 Å². The second kappa shape index (κ2) is 5.32. The molecule has 0 radical (unpaired) electrons. The van der Waals surface area contributed by atoms with Crippen LogP contribution in [-0.4, -0.2) is 20.2 Å². The molecule has 0 unspecified atom stereocenters. The van der Waals surface area contributed by atoms with Gasteiger partial charge in [-0.15, -0.1) is 0 Å². The summed E-state index contributed by atoms with van der Waals surface area (Å²) in [5.41, 5.74) is 0. The minimum Gasteiger partial charge on any atom is -0.492 e. The Hall–Kier alpha value is -1.06. The fraction of sp³-hybridized carbons (Fsp3) is 0.231. The molecule has 2 aromatic carbocycles. The number of hydrogen-bond acceptors (Lipinski definition) is 2. The number of fused-ring (bicyclic) bond motifs is 1. The second-order valence-corrected chi connectivity index (χ2v) is 4.52. The number of ether oxygens (including phenoxy) is 1. The molecule has 0 amide bonds. The summed E-state index contributed by atoms with van der Waals surface area (Å²) >= 11 is 3.46. The van der Waals surface area contributed by atoms with E-state index in [0.29, 0.717) is 6.61 Å². The average Bonchev–Trinajstić information content (AvgIpc) is 2.29.